The van der Waals surface area contributed by atoms with E-state index >= 15 is 0 Å². The maximum Gasteiger partial charge on any atom is 0.0636 e. The van der Waals surface area contributed by atoms with Crippen LogP contribution in [0.25, 0.3) is 0 Å². The molecule has 14 heavy (non-hydrogen) atoms. The number of aliphatic hydroxyl groups is 1. The van der Waals surface area contributed by atoms with E-state index in [2.05, 4.69) is 12.2 Å². The molecule has 0 saturated heterocycles. The molecule has 2 N–H and O–H groups in total. The molecule has 0 radical (unpaired) electrons. The second kappa shape index (κ2) is 4.19. The van der Waals surface area contributed by atoms with Crippen LogP contribution in [0.3, 0.4) is 0 Å². The van der Waals surface area contributed by atoms with E-state index in [4.69, 9.17) is 0 Å². The van der Waals surface area contributed by atoms with Crippen molar-refractivity contribution in [3.63, 3.8) is 0 Å². The van der Waals surface area contributed by atoms with E-state index in [-0.39, 0.29) is 6.10 Å². The molecule has 5 atom stereocenters. The lowest BCUT2D eigenvalue weighted by molar-refractivity contribution is 0.172. The van der Waals surface area contributed by atoms with Gasteiger partial charge in [-0.25, -0.2) is 0 Å². The third kappa shape index (κ3) is 2.12. The van der Waals surface area contributed by atoms with Gasteiger partial charge in [-0.2, -0.15) is 0 Å². The van der Waals surface area contributed by atoms with Crippen LogP contribution in [0.2, 0.25) is 0 Å². The number of nitrogens with one attached hydrogen (secondary N) is 1. The van der Waals surface area contributed by atoms with Gasteiger partial charge in [0.25, 0.3) is 0 Å². The first-order chi connectivity index (χ1) is 6.66. The molecule has 0 spiro atoms. The highest BCUT2D eigenvalue weighted by atomic mass is 16.3. The van der Waals surface area contributed by atoms with Crippen LogP contribution in [-0.2, 0) is 0 Å². The summed E-state index contributed by atoms with van der Waals surface area (Å²) in [6.07, 6.45) is 5.63. The zero-order valence-corrected chi connectivity index (χ0v) is 9.37. The number of hydrogen-bond acceptors (Lipinski definition) is 2. The first-order valence-electron chi connectivity index (χ1n) is 6.08. The van der Waals surface area contributed by atoms with E-state index in [0.29, 0.717) is 6.04 Å². The van der Waals surface area contributed by atoms with Crippen LogP contribution in [0, 0.1) is 17.8 Å². The molecule has 0 heterocycles. The maximum atomic E-state index is 9.21. The zero-order chi connectivity index (χ0) is 10.1. The van der Waals surface area contributed by atoms with E-state index in [9.17, 15) is 5.11 Å². The predicted molar refractivity (Wildman–Crippen MR) is 58.1 cm³/mol. The molecule has 82 valence electrons. The van der Waals surface area contributed by atoms with Crippen molar-refractivity contribution in [1.29, 1.82) is 0 Å². The van der Waals surface area contributed by atoms with Crippen LogP contribution in [0.5, 0.6) is 0 Å². The first kappa shape index (κ1) is 10.4. The van der Waals surface area contributed by atoms with E-state index in [0.717, 1.165) is 24.3 Å². The molecule has 2 rings (SSSR count). The summed E-state index contributed by atoms with van der Waals surface area (Å²) in [5.74, 6) is 2.89. The highest BCUT2D eigenvalue weighted by molar-refractivity contribution is 4.94. The fourth-order valence-corrected chi connectivity index (χ4v) is 3.41. The Bertz CT molecular complexity index is 193. The van der Waals surface area contributed by atoms with Crippen molar-refractivity contribution in [3.8, 4) is 0 Å². The van der Waals surface area contributed by atoms with Gasteiger partial charge in [-0.3, -0.25) is 0 Å². The predicted octanol–water partition coefficient (Wildman–Crippen LogP) is 1.78. The number of fused-ring (bicyclic) bond motifs is 2. The van der Waals surface area contributed by atoms with Gasteiger partial charge < -0.3 is 10.4 Å². The van der Waals surface area contributed by atoms with Crippen LogP contribution in [-0.4, -0.2) is 23.8 Å². The Labute approximate surface area is 87.1 Å². The quantitative estimate of drug-likeness (QED) is 0.720. The summed E-state index contributed by atoms with van der Waals surface area (Å²) < 4.78 is 0. The Morgan fingerprint density at radius 2 is 2.07 bits per heavy atom. The second-order valence-corrected chi connectivity index (χ2v) is 5.38. The van der Waals surface area contributed by atoms with Gasteiger partial charge in [-0.05, 0) is 50.9 Å². The van der Waals surface area contributed by atoms with Gasteiger partial charge in [0.05, 0.1) is 6.10 Å². The Kier molecular flexibility index (Phi) is 3.13. The highest BCUT2D eigenvalue weighted by Crippen LogP contribution is 2.49. The van der Waals surface area contributed by atoms with Crippen molar-refractivity contribution in [2.75, 3.05) is 6.54 Å². The lowest BCUT2D eigenvalue weighted by atomic mass is 9.84. The van der Waals surface area contributed by atoms with Gasteiger partial charge in [-0.1, -0.05) is 6.42 Å². The Morgan fingerprint density at radius 1 is 1.29 bits per heavy atom. The van der Waals surface area contributed by atoms with Crippen molar-refractivity contribution in [3.05, 3.63) is 0 Å². The summed E-state index contributed by atoms with van der Waals surface area (Å²) in [4.78, 5) is 0. The Hall–Kier alpha value is -0.0800. The van der Waals surface area contributed by atoms with Crippen LogP contribution >= 0.6 is 0 Å². The lowest BCUT2D eigenvalue weighted by Crippen LogP contribution is -2.39. The van der Waals surface area contributed by atoms with Gasteiger partial charge in [0, 0.05) is 12.6 Å². The fraction of sp³-hybridized carbons (Fsp3) is 1.00. The molecule has 0 aromatic rings. The summed E-state index contributed by atoms with van der Waals surface area (Å²) in [7, 11) is 0. The maximum absolute atomic E-state index is 9.21. The van der Waals surface area contributed by atoms with Crippen molar-refractivity contribution in [2.24, 2.45) is 17.8 Å². The minimum absolute atomic E-state index is 0.212. The molecule has 2 aliphatic carbocycles. The first-order valence-corrected chi connectivity index (χ1v) is 6.08. The topological polar surface area (TPSA) is 32.3 Å². The van der Waals surface area contributed by atoms with Gasteiger partial charge in [-0.15, -0.1) is 0 Å². The smallest absolute Gasteiger partial charge is 0.0636 e. The monoisotopic (exact) mass is 197 g/mol. The molecule has 2 nitrogen and oxygen atoms in total. The van der Waals surface area contributed by atoms with Gasteiger partial charge in [0.1, 0.15) is 0 Å². The summed E-state index contributed by atoms with van der Waals surface area (Å²) in [6.45, 7) is 4.88. The fourth-order valence-electron chi connectivity index (χ4n) is 3.41. The molecule has 0 aromatic carbocycles. The number of rotatable bonds is 4. The largest absolute Gasteiger partial charge is 0.392 e. The molecule has 2 fully saturated rings. The zero-order valence-electron chi connectivity index (χ0n) is 9.37. The van der Waals surface area contributed by atoms with Crippen LogP contribution < -0.4 is 5.32 Å². The second-order valence-electron chi connectivity index (χ2n) is 5.38. The standard InChI is InChI=1S/C12H23NO/c1-8(14)7-13-9(2)12-6-10-3-4-11(12)5-10/h8-14H,3-7H2,1-2H3/t8-,9?,10?,11?,12?/m1/s1. The summed E-state index contributed by atoms with van der Waals surface area (Å²) in [5.41, 5.74) is 0. The minimum atomic E-state index is -0.212. The van der Waals surface area contributed by atoms with Crippen molar-refractivity contribution in [2.45, 2.75) is 51.7 Å². The molecule has 0 amide bonds. The molecule has 4 unspecified atom stereocenters. The van der Waals surface area contributed by atoms with E-state index in [1.807, 2.05) is 6.92 Å². The third-order valence-electron chi connectivity index (χ3n) is 4.17. The molecular formula is C12H23NO. The molecule has 2 heteroatoms. The summed E-state index contributed by atoms with van der Waals surface area (Å²) >= 11 is 0. The number of hydrogen-bond donors (Lipinski definition) is 2. The molecule has 2 bridgehead atoms. The summed E-state index contributed by atoms with van der Waals surface area (Å²) in [5, 5.41) is 12.7. The normalized spacial score (nSPS) is 40.1. The molecular weight excluding hydrogens is 174 g/mol. The van der Waals surface area contributed by atoms with Crippen LogP contribution in [0.4, 0.5) is 0 Å². The Morgan fingerprint density at radius 3 is 2.57 bits per heavy atom. The van der Waals surface area contributed by atoms with Crippen LogP contribution in [0.15, 0.2) is 0 Å². The molecule has 2 saturated carbocycles. The van der Waals surface area contributed by atoms with Gasteiger partial charge in [0.15, 0.2) is 0 Å². The molecule has 0 aliphatic heterocycles. The average molecular weight is 197 g/mol. The molecule has 0 aromatic heterocycles. The van der Waals surface area contributed by atoms with Crippen molar-refractivity contribution in [1.82, 2.24) is 5.32 Å². The van der Waals surface area contributed by atoms with E-state index in [1.54, 1.807) is 0 Å². The lowest BCUT2D eigenvalue weighted by Gasteiger charge is -2.29. The minimum Gasteiger partial charge on any atom is -0.392 e. The SMILES string of the molecule is CC(NC[C@@H](C)O)C1CC2CCC1C2. The third-order valence-corrected chi connectivity index (χ3v) is 4.17. The van der Waals surface area contributed by atoms with E-state index < -0.39 is 0 Å². The van der Waals surface area contributed by atoms with Crippen LogP contribution in [0.1, 0.15) is 39.5 Å². The molecule has 2 aliphatic rings. The van der Waals surface area contributed by atoms with Crippen molar-refractivity contribution < 1.29 is 5.11 Å². The van der Waals surface area contributed by atoms with Gasteiger partial charge >= 0.3 is 0 Å². The van der Waals surface area contributed by atoms with Gasteiger partial charge in [0.2, 0.25) is 0 Å². The van der Waals surface area contributed by atoms with Crippen molar-refractivity contribution >= 4 is 0 Å². The van der Waals surface area contributed by atoms with E-state index in [1.165, 1.54) is 25.7 Å². The Balaban J connectivity index is 1.78. The highest BCUT2D eigenvalue weighted by Gasteiger charge is 2.41. The average Bonchev–Trinajstić information content (AvgIpc) is 2.74. The number of aliphatic hydroxyl groups excluding tert-OH is 1. The summed E-state index contributed by atoms with van der Waals surface area (Å²) in [6, 6.07) is 0.597.